The van der Waals surface area contributed by atoms with Crippen molar-refractivity contribution in [3.8, 4) is 0 Å². The first-order chi connectivity index (χ1) is 14.4. The summed E-state index contributed by atoms with van der Waals surface area (Å²) in [5.74, 6) is -0.759. The molecule has 1 saturated heterocycles. The van der Waals surface area contributed by atoms with Crippen molar-refractivity contribution >= 4 is 17.7 Å². The van der Waals surface area contributed by atoms with Crippen LogP contribution in [-0.4, -0.2) is 74.3 Å². The molecule has 2 aromatic rings. The summed E-state index contributed by atoms with van der Waals surface area (Å²) in [6.07, 6.45) is 1.17. The van der Waals surface area contributed by atoms with Gasteiger partial charge in [0.2, 0.25) is 5.95 Å². The number of hydrogen-bond donors (Lipinski definition) is 0. The highest BCUT2D eigenvalue weighted by Gasteiger charge is 2.26. The van der Waals surface area contributed by atoms with E-state index in [2.05, 4.69) is 4.90 Å². The molecule has 7 nitrogen and oxygen atoms in total. The number of rotatable bonds is 3. The minimum atomic E-state index is -1.02. The lowest BCUT2D eigenvalue weighted by Gasteiger charge is -2.28. The molecule has 4 rings (SSSR count). The molecule has 0 bridgehead atoms. The van der Waals surface area contributed by atoms with Crippen LogP contribution < -0.4 is 9.80 Å². The maximum absolute atomic E-state index is 13.6. The number of amides is 1. The van der Waals surface area contributed by atoms with E-state index >= 15 is 0 Å². The van der Waals surface area contributed by atoms with Crippen molar-refractivity contribution in [1.82, 2.24) is 14.9 Å². The Labute approximate surface area is 174 Å². The molecule has 0 saturated carbocycles. The minimum absolute atomic E-state index is 0.146. The number of morpholine rings is 1. The van der Waals surface area contributed by atoms with E-state index < -0.39 is 11.6 Å². The summed E-state index contributed by atoms with van der Waals surface area (Å²) < 4.78 is 32.2. The van der Waals surface area contributed by atoms with Gasteiger partial charge in [-0.3, -0.25) is 4.79 Å². The molecular formula is C21H25F2N5O2. The Bertz CT molecular complexity index is 947. The van der Waals surface area contributed by atoms with E-state index in [0.717, 1.165) is 42.3 Å². The number of nitrogens with zero attached hydrogens (tertiary/aromatic N) is 5. The highest BCUT2D eigenvalue weighted by Crippen LogP contribution is 2.27. The third-order valence-electron chi connectivity index (χ3n) is 5.48. The van der Waals surface area contributed by atoms with Gasteiger partial charge in [0.1, 0.15) is 5.82 Å². The largest absolute Gasteiger partial charge is 0.378 e. The Morgan fingerprint density at radius 2 is 1.77 bits per heavy atom. The summed E-state index contributed by atoms with van der Waals surface area (Å²) in [6.45, 7) is 3.70. The smallest absolute Gasteiger partial charge is 0.253 e. The molecule has 30 heavy (non-hydrogen) atoms. The van der Waals surface area contributed by atoms with Gasteiger partial charge in [0.05, 0.1) is 18.9 Å². The van der Waals surface area contributed by atoms with E-state index in [0.29, 0.717) is 45.1 Å². The number of aromatic nitrogens is 2. The van der Waals surface area contributed by atoms with Crippen LogP contribution in [0.4, 0.5) is 20.5 Å². The zero-order chi connectivity index (χ0) is 21.3. The van der Waals surface area contributed by atoms with Gasteiger partial charge in [0, 0.05) is 57.8 Å². The van der Waals surface area contributed by atoms with Gasteiger partial charge in [0.25, 0.3) is 5.91 Å². The van der Waals surface area contributed by atoms with E-state index in [9.17, 15) is 13.6 Å². The van der Waals surface area contributed by atoms with Crippen LogP contribution in [0.25, 0.3) is 0 Å². The monoisotopic (exact) mass is 417 g/mol. The van der Waals surface area contributed by atoms with Gasteiger partial charge in [-0.05, 0) is 24.6 Å². The van der Waals surface area contributed by atoms with Gasteiger partial charge in [-0.1, -0.05) is 0 Å². The molecule has 0 N–H and O–H groups in total. The second kappa shape index (κ2) is 8.51. The van der Waals surface area contributed by atoms with Gasteiger partial charge < -0.3 is 19.4 Å². The zero-order valence-corrected chi connectivity index (χ0v) is 17.2. The van der Waals surface area contributed by atoms with Crippen molar-refractivity contribution < 1.29 is 18.3 Å². The number of halogens is 2. The lowest BCUT2D eigenvalue weighted by atomic mass is 10.1. The highest BCUT2D eigenvalue weighted by atomic mass is 19.2. The summed E-state index contributed by atoms with van der Waals surface area (Å²) in [5.41, 5.74) is 2.10. The van der Waals surface area contributed by atoms with Crippen LogP contribution >= 0.6 is 0 Å². The summed E-state index contributed by atoms with van der Waals surface area (Å²) in [6, 6.07) is 3.26. The van der Waals surface area contributed by atoms with Crippen LogP contribution in [0.3, 0.4) is 0 Å². The van der Waals surface area contributed by atoms with Crippen molar-refractivity contribution in [2.45, 2.75) is 12.8 Å². The van der Waals surface area contributed by atoms with E-state index in [4.69, 9.17) is 14.7 Å². The number of anilines is 2. The van der Waals surface area contributed by atoms with Crippen LogP contribution in [0.1, 0.15) is 21.6 Å². The van der Waals surface area contributed by atoms with Crippen molar-refractivity contribution in [2.24, 2.45) is 0 Å². The number of fused-ring (bicyclic) bond motifs is 1. The first kappa shape index (κ1) is 20.5. The standard InChI is InChI=1S/C21H25F2N5O2/c1-26(2)19-15-5-7-27(20(29)14-3-4-16(22)17(23)13-14)8-6-18(15)24-21(25-19)28-9-11-30-12-10-28/h3-4,13H,5-12H2,1-2H3. The predicted octanol–water partition coefficient (Wildman–Crippen LogP) is 1.90. The van der Waals surface area contributed by atoms with Gasteiger partial charge in [-0.2, -0.15) is 4.98 Å². The van der Waals surface area contributed by atoms with Crippen molar-refractivity contribution in [1.29, 1.82) is 0 Å². The number of carbonyl (C=O) groups is 1. The maximum atomic E-state index is 13.6. The quantitative estimate of drug-likeness (QED) is 0.760. The van der Waals surface area contributed by atoms with E-state index in [1.807, 2.05) is 19.0 Å². The third kappa shape index (κ3) is 4.07. The highest BCUT2D eigenvalue weighted by molar-refractivity contribution is 5.94. The Hall–Kier alpha value is -2.81. The van der Waals surface area contributed by atoms with Gasteiger partial charge >= 0.3 is 0 Å². The number of carbonyl (C=O) groups excluding carboxylic acids is 1. The Morgan fingerprint density at radius 1 is 1.03 bits per heavy atom. The zero-order valence-electron chi connectivity index (χ0n) is 17.2. The minimum Gasteiger partial charge on any atom is -0.378 e. The fraction of sp³-hybridized carbons (Fsp3) is 0.476. The molecule has 3 heterocycles. The lowest BCUT2D eigenvalue weighted by Crippen LogP contribution is -2.38. The van der Waals surface area contributed by atoms with E-state index in [-0.39, 0.29) is 11.5 Å². The van der Waals surface area contributed by atoms with Crippen LogP contribution in [0.2, 0.25) is 0 Å². The molecule has 1 fully saturated rings. The van der Waals surface area contributed by atoms with Crippen molar-refractivity contribution in [2.75, 3.05) is 63.3 Å². The van der Waals surface area contributed by atoms with Gasteiger partial charge in [-0.15, -0.1) is 0 Å². The normalized spacial score (nSPS) is 16.8. The summed E-state index contributed by atoms with van der Waals surface area (Å²) in [5, 5.41) is 0. The summed E-state index contributed by atoms with van der Waals surface area (Å²) >= 11 is 0. The lowest BCUT2D eigenvalue weighted by molar-refractivity contribution is 0.0762. The fourth-order valence-electron chi connectivity index (χ4n) is 3.86. The Kier molecular flexibility index (Phi) is 5.80. The fourth-order valence-corrected chi connectivity index (χ4v) is 3.86. The molecule has 9 heteroatoms. The molecule has 1 aromatic heterocycles. The van der Waals surface area contributed by atoms with Crippen LogP contribution in [0.5, 0.6) is 0 Å². The van der Waals surface area contributed by atoms with Crippen LogP contribution in [0, 0.1) is 11.6 Å². The first-order valence-corrected chi connectivity index (χ1v) is 10.1. The molecule has 0 aliphatic carbocycles. The number of benzene rings is 1. The van der Waals surface area contributed by atoms with Gasteiger partial charge in [-0.25, -0.2) is 13.8 Å². The van der Waals surface area contributed by atoms with Crippen molar-refractivity contribution in [3.05, 3.63) is 46.7 Å². The molecule has 0 unspecified atom stereocenters. The van der Waals surface area contributed by atoms with Crippen LogP contribution in [0.15, 0.2) is 18.2 Å². The topological polar surface area (TPSA) is 61.8 Å². The molecule has 0 spiro atoms. The second-order valence-electron chi connectivity index (χ2n) is 7.69. The average Bonchev–Trinajstić information content (AvgIpc) is 2.97. The molecule has 2 aliphatic rings. The number of ether oxygens (including phenoxy) is 1. The molecule has 1 aromatic carbocycles. The SMILES string of the molecule is CN(C)c1nc(N2CCOCC2)nc2c1CCN(C(=O)c1ccc(F)c(F)c1)CC2. The Morgan fingerprint density at radius 3 is 2.47 bits per heavy atom. The van der Waals surface area contributed by atoms with Crippen molar-refractivity contribution in [3.63, 3.8) is 0 Å². The van der Waals surface area contributed by atoms with E-state index in [1.54, 1.807) is 4.90 Å². The predicted molar refractivity (Wildman–Crippen MR) is 109 cm³/mol. The average molecular weight is 417 g/mol. The molecule has 0 radical (unpaired) electrons. The molecule has 160 valence electrons. The van der Waals surface area contributed by atoms with E-state index in [1.165, 1.54) is 6.07 Å². The molecular weight excluding hydrogens is 392 g/mol. The molecule has 2 aliphatic heterocycles. The second-order valence-corrected chi connectivity index (χ2v) is 7.69. The molecule has 1 amide bonds. The number of hydrogen-bond acceptors (Lipinski definition) is 6. The van der Waals surface area contributed by atoms with Crippen LogP contribution in [-0.2, 0) is 17.6 Å². The summed E-state index contributed by atoms with van der Waals surface area (Å²) in [4.78, 5) is 28.2. The van der Waals surface area contributed by atoms with Gasteiger partial charge in [0.15, 0.2) is 11.6 Å². The molecule has 0 atom stereocenters. The summed E-state index contributed by atoms with van der Waals surface area (Å²) in [7, 11) is 3.89. The third-order valence-corrected chi connectivity index (χ3v) is 5.48. The first-order valence-electron chi connectivity index (χ1n) is 10.1. The maximum Gasteiger partial charge on any atom is 0.253 e. The Balaban J connectivity index is 1.59.